The van der Waals surface area contributed by atoms with E-state index in [1.165, 1.54) is 18.4 Å². The minimum Gasteiger partial charge on any atom is -0.494 e. The van der Waals surface area contributed by atoms with E-state index in [1.807, 2.05) is 13.0 Å². The van der Waals surface area contributed by atoms with Gasteiger partial charge in [0.15, 0.2) is 0 Å². The highest BCUT2D eigenvalue weighted by Crippen LogP contribution is 2.24. The number of hydrogen-bond donors (Lipinski definition) is 1. The van der Waals surface area contributed by atoms with Crippen molar-refractivity contribution in [3.05, 3.63) is 28.2 Å². The lowest BCUT2D eigenvalue weighted by molar-refractivity contribution is 0.336. The Kier molecular flexibility index (Phi) is 8.15. The van der Waals surface area contributed by atoms with Gasteiger partial charge in [0, 0.05) is 4.47 Å². The summed E-state index contributed by atoms with van der Waals surface area (Å²) in [5, 5.41) is 3.48. The van der Waals surface area contributed by atoms with E-state index in [0.29, 0.717) is 0 Å². The van der Waals surface area contributed by atoms with Crippen LogP contribution in [0.15, 0.2) is 22.7 Å². The summed E-state index contributed by atoms with van der Waals surface area (Å²) in [6.07, 6.45) is 3.49. The summed E-state index contributed by atoms with van der Waals surface area (Å²) in [5.74, 6) is 1.76. The first kappa shape index (κ1) is 16.5. The van der Waals surface area contributed by atoms with Crippen molar-refractivity contribution in [2.24, 2.45) is 5.92 Å². The molecule has 1 aromatic rings. The van der Waals surface area contributed by atoms with E-state index < -0.39 is 0 Å². The fourth-order valence-corrected chi connectivity index (χ4v) is 2.40. The first-order valence-electron chi connectivity index (χ1n) is 7.25. The molecule has 0 saturated heterocycles. The zero-order chi connectivity index (χ0) is 14.1. The summed E-state index contributed by atoms with van der Waals surface area (Å²) < 4.78 is 6.79. The van der Waals surface area contributed by atoms with E-state index in [-0.39, 0.29) is 0 Å². The second-order valence-corrected chi connectivity index (χ2v) is 6.16. The SMILES string of the molecule is CCOc1ccc(Br)cc1CCCCNCC(C)C. The van der Waals surface area contributed by atoms with Crippen LogP contribution in [0.3, 0.4) is 0 Å². The predicted molar refractivity (Wildman–Crippen MR) is 86.0 cm³/mol. The standard InChI is InChI=1S/C16H26BrNO/c1-4-19-16-9-8-15(17)11-14(16)7-5-6-10-18-12-13(2)3/h8-9,11,13,18H,4-7,10,12H2,1-3H3. The van der Waals surface area contributed by atoms with Crippen LogP contribution in [0.25, 0.3) is 0 Å². The maximum Gasteiger partial charge on any atom is 0.122 e. The van der Waals surface area contributed by atoms with E-state index in [0.717, 1.165) is 42.3 Å². The number of hydrogen-bond acceptors (Lipinski definition) is 2. The van der Waals surface area contributed by atoms with Gasteiger partial charge >= 0.3 is 0 Å². The normalized spacial score (nSPS) is 11.0. The number of nitrogens with one attached hydrogen (secondary N) is 1. The molecule has 0 aliphatic rings. The molecule has 0 aliphatic carbocycles. The third kappa shape index (κ3) is 6.98. The Labute approximate surface area is 126 Å². The molecule has 0 amide bonds. The predicted octanol–water partition coefficient (Wildman–Crippen LogP) is 4.42. The minimum absolute atomic E-state index is 0.727. The van der Waals surface area contributed by atoms with Crippen LogP contribution in [0.1, 0.15) is 39.2 Å². The molecular formula is C16H26BrNO. The summed E-state index contributed by atoms with van der Waals surface area (Å²) in [7, 11) is 0. The highest BCUT2D eigenvalue weighted by atomic mass is 79.9. The summed E-state index contributed by atoms with van der Waals surface area (Å²) >= 11 is 3.53. The van der Waals surface area contributed by atoms with Crippen molar-refractivity contribution in [1.29, 1.82) is 0 Å². The van der Waals surface area contributed by atoms with Crippen LogP contribution >= 0.6 is 15.9 Å². The lowest BCUT2D eigenvalue weighted by Gasteiger charge is -2.11. The summed E-state index contributed by atoms with van der Waals surface area (Å²) in [5.41, 5.74) is 1.31. The topological polar surface area (TPSA) is 21.3 Å². The average molecular weight is 328 g/mol. The van der Waals surface area contributed by atoms with Crippen molar-refractivity contribution < 1.29 is 4.74 Å². The van der Waals surface area contributed by atoms with Crippen LogP contribution in [0.5, 0.6) is 5.75 Å². The molecule has 108 valence electrons. The maximum atomic E-state index is 5.67. The van der Waals surface area contributed by atoms with E-state index in [9.17, 15) is 0 Å². The average Bonchev–Trinajstić information content (AvgIpc) is 2.36. The number of ether oxygens (including phenoxy) is 1. The largest absolute Gasteiger partial charge is 0.494 e. The van der Waals surface area contributed by atoms with Gasteiger partial charge in [0.2, 0.25) is 0 Å². The van der Waals surface area contributed by atoms with Gasteiger partial charge in [-0.1, -0.05) is 29.8 Å². The summed E-state index contributed by atoms with van der Waals surface area (Å²) in [4.78, 5) is 0. The maximum absolute atomic E-state index is 5.67. The molecule has 2 nitrogen and oxygen atoms in total. The minimum atomic E-state index is 0.727. The molecule has 0 spiro atoms. The van der Waals surface area contributed by atoms with E-state index in [4.69, 9.17) is 4.74 Å². The molecule has 0 unspecified atom stereocenters. The Hall–Kier alpha value is -0.540. The van der Waals surface area contributed by atoms with Gasteiger partial charge in [0.1, 0.15) is 5.75 Å². The second-order valence-electron chi connectivity index (χ2n) is 5.24. The lowest BCUT2D eigenvalue weighted by Crippen LogP contribution is -2.20. The van der Waals surface area contributed by atoms with Crippen LogP contribution in [0.2, 0.25) is 0 Å². The van der Waals surface area contributed by atoms with Gasteiger partial charge < -0.3 is 10.1 Å². The number of unbranched alkanes of at least 4 members (excludes halogenated alkanes) is 1. The fourth-order valence-electron chi connectivity index (χ4n) is 2.00. The molecule has 0 bridgehead atoms. The van der Waals surface area contributed by atoms with Crippen LogP contribution in [-0.4, -0.2) is 19.7 Å². The second kappa shape index (κ2) is 9.38. The van der Waals surface area contributed by atoms with Crippen molar-refractivity contribution in [2.75, 3.05) is 19.7 Å². The molecule has 0 radical (unpaired) electrons. The molecular weight excluding hydrogens is 302 g/mol. The van der Waals surface area contributed by atoms with Crippen LogP contribution in [0.4, 0.5) is 0 Å². The molecule has 3 heteroatoms. The van der Waals surface area contributed by atoms with Gasteiger partial charge in [-0.3, -0.25) is 0 Å². The number of benzene rings is 1. The molecule has 0 aromatic heterocycles. The van der Waals surface area contributed by atoms with E-state index >= 15 is 0 Å². The Balaban J connectivity index is 2.33. The lowest BCUT2D eigenvalue weighted by atomic mass is 10.1. The molecule has 1 N–H and O–H groups in total. The zero-order valence-electron chi connectivity index (χ0n) is 12.3. The summed E-state index contributed by atoms with van der Waals surface area (Å²) in [6.45, 7) is 9.45. The third-order valence-corrected chi connectivity index (χ3v) is 3.42. The number of halogens is 1. The van der Waals surface area contributed by atoms with Crippen LogP contribution in [0, 0.1) is 5.92 Å². The molecule has 0 heterocycles. The highest BCUT2D eigenvalue weighted by molar-refractivity contribution is 9.10. The molecule has 0 fully saturated rings. The highest BCUT2D eigenvalue weighted by Gasteiger charge is 2.04. The van der Waals surface area contributed by atoms with Crippen LogP contribution < -0.4 is 10.1 Å². The molecule has 1 aromatic carbocycles. The first-order chi connectivity index (χ1) is 9.13. The van der Waals surface area contributed by atoms with Gasteiger partial charge in [-0.2, -0.15) is 0 Å². The van der Waals surface area contributed by atoms with Gasteiger partial charge in [0.05, 0.1) is 6.61 Å². The molecule has 1 rings (SSSR count). The molecule has 0 aliphatic heterocycles. The number of rotatable bonds is 9. The van der Waals surface area contributed by atoms with Crippen molar-refractivity contribution in [3.63, 3.8) is 0 Å². The third-order valence-electron chi connectivity index (χ3n) is 2.92. The van der Waals surface area contributed by atoms with Crippen molar-refractivity contribution >= 4 is 15.9 Å². The van der Waals surface area contributed by atoms with Crippen molar-refractivity contribution in [1.82, 2.24) is 5.32 Å². The van der Waals surface area contributed by atoms with Gasteiger partial charge in [-0.25, -0.2) is 0 Å². The Bertz CT molecular complexity index is 366. The fraction of sp³-hybridized carbons (Fsp3) is 0.625. The van der Waals surface area contributed by atoms with E-state index in [1.54, 1.807) is 0 Å². The molecule has 19 heavy (non-hydrogen) atoms. The van der Waals surface area contributed by atoms with E-state index in [2.05, 4.69) is 47.2 Å². The molecule has 0 saturated carbocycles. The smallest absolute Gasteiger partial charge is 0.122 e. The monoisotopic (exact) mass is 327 g/mol. The first-order valence-corrected chi connectivity index (χ1v) is 8.04. The van der Waals surface area contributed by atoms with Gasteiger partial charge in [-0.15, -0.1) is 0 Å². The van der Waals surface area contributed by atoms with Gasteiger partial charge in [0.25, 0.3) is 0 Å². The molecule has 0 atom stereocenters. The Morgan fingerprint density at radius 2 is 2.05 bits per heavy atom. The van der Waals surface area contributed by atoms with Crippen LogP contribution in [-0.2, 0) is 6.42 Å². The van der Waals surface area contributed by atoms with Gasteiger partial charge in [-0.05, 0) is 69.0 Å². The quantitative estimate of drug-likeness (QED) is 0.678. The number of aryl methyl sites for hydroxylation is 1. The summed E-state index contributed by atoms with van der Waals surface area (Å²) in [6, 6.07) is 6.27. The zero-order valence-corrected chi connectivity index (χ0v) is 13.9. The Morgan fingerprint density at radius 3 is 2.74 bits per heavy atom. The Morgan fingerprint density at radius 1 is 1.26 bits per heavy atom. The van der Waals surface area contributed by atoms with Crippen molar-refractivity contribution in [2.45, 2.75) is 40.0 Å². The van der Waals surface area contributed by atoms with Crippen molar-refractivity contribution in [3.8, 4) is 5.75 Å².